The van der Waals surface area contributed by atoms with Gasteiger partial charge < -0.3 is 24.6 Å². The molecule has 0 radical (unpaired) electrons. The lowest BCUT2D eigenvalue weighted by molar-refractivity contribution is -0.115. The molecule has 1 aromatic carbocycles. The number of carbonyl (C=O) groups excluding carboxylic acids is 3. The molecule has 0 unspecified atom stereocenters. The van der Waals surface area contributed by atoms with Crippen molar-refractivity contribution in [3.05, 3.63) is 48.0 Å². The van der Waals surface area contributed by atoms with E-state index in [1.54, 1.807) is 49.1 Å². The predicted molar refractivity (Wildman–Crippen MR) is 130 cm³/mol. The van der Waals surface area contributed by atoms with Crippen LogP contribution in [0.3, 0.4) is 0 Å². The average Bonchev–Trinajstić information content (AvgIpc) is 2.88. The molecule has 0 aliphatic carbocycles. The van der Waals surface area contributed by atoms with E-state index in [1.807, 2.05) is 13.8 Å². The molecule has 10 heteroatoms. The third-order valence-electron chi connectivity index (χ3n) is 6.09. The SMILES string of the molecule is CCC(=O)Nc1ccc2c(c1)C(=O)N(C)C[C@H](OC)[C@H](C)CN(C(=O)c1cnccn1)[C@H](C)CO2. The summed E-state index contributed by atoms with van der Waals surface area (Å²) in [6, 6.07) is 4.64. The van der Waals surface area contributed by atoms with Crippen LogP contribution in [0.5, 0.6) is 5.75 Å². The van der Waals surface area contributed by atoms with Crippen molar-refractivity contribution in [2.45, 2.75) is 39.3 Å². The minimum Gasteiger partial charge on any atom is -0.491 e. The number of carbonyl (C=O) groups is 3. The number of fused-ring (bicyclic) bond motifs is 1. The highest BCUT2D eigenvalue weighted by molar-refractivity contribution is 5.99. The van der Waals surface area contributed by atoms with Crippen LogP contribution in [0, 0.1) is 5.92 Å². The van der Waals surface area contributed by atoms with E-state index in [4.69, 9.17) is 9.47 Å². The molecular formula is C25H33N5O5. The predicted octanol–water partition coefficient (Wildman–Crippen LogP) is 2.47. The number of nitrogens with zero attached hydrogens (tertiary/aromatic N) is 4. The topological polar surface area (TPSA) is 114 Å². The van der Waals surface area contributed by atoms with Gasteiger partial charge in [0.1, 0.15) is 18.1 Å². The molecule has 35 heavy (non-hydrogen) atoms. The lowest BCUT2D eigenvalue weighted by atomic mass is 10.0. The molecule has 3 rings (SSSR count). The first-order valence-electron chi connectivity index (χ1n) is 11.7. The molecule has 0 spiro atoms. The number of hydrogen-bond acceptors (Lipinski definition) is 7. The number of ether oxygens (including phenoxy) is 2. The summed E-state index contributed by atoms with van der Waals surface area (Å²) in [5, 5.41) is 2.78. The van der Waals surface area contributed by atoms with Gasteiger partial charge in [0.15, 0.2) is 0 Å². The van der Waals surface area contributed by atoms with Crippen LogP contribution in [0.2, 0.25) is 0 Å². The van der Waals surface area contributed by atoms with Crippen LogP contribution in [0.25, 0.3) is 0 Å². The highest BCUT2D eigenvalue weighted by Crippen LogP contribution is 2.27. The van der Waals surface area contributed by atoms with E-state index in [1.165, 1.54) is 18.6 Å². The third-order valence-corrected chi connectivity index (χ3v) is 6.09. The second-order valence-electron chi connectivity index (χ2n) is 8.76. The number of amides is 3. The fraction of sp³-hybridized carbons (Fsp3) is 0.480. The molecule has 1 N–H and O–H groups in total. The largest absolute Gasteiger partial charge is 0.491 e. The van der Waals surface area contributed by atoms with Crippen LogP contribution < -0.4 is 10.1 Å². The molecule has 1 aliphatic heterocycles. The Bertz CT molecular complexity index is 1050. The van der Waals surface area contributed by atoms with Crippen molar-refractivity contribution in [1.29, 1.82) is 0 Å². The molecule has 3 atom stereocenters. The van der Waals surface area contributed by atoms with Gasteiger partial charge in [0, 0.05) is 57.7 Å². The Labute approximate surface area is 205 Å². The molecule has 1 aliphatic rings. The third kappa shape index (κ3) is 6.33. The molecular weight excluding hydrogens is 450 g/mol. The van der Waals surface area contributed by atoms with Gasteiger partial charge in [0.25, 0.3) is 11.8 Å². The number of rotatable bonds is 4. The van der Waals surface area contributed by atoms with Crippen LogP contribution in [0.4, 0.5) is 5.69 Å². The second kappa shape index (κ2) is 11.7. The summed E-state index contributed by atoms with van der Waals surface area (Å²) in [5.41, 5.74) is 1.08. The maximum absolute atomic E-state index is 13.4. The molecule has 2 aromatic rings. The van der Waals surface area contributed by atoms with Gasteiger partial charge >= 0.3 is 0 Å². The standard InChI is InChI=1S/C25H33N5O5/c1-6-23(31)28-18-7-8-21-19(11-18)24(32)29(4)14-22(34-5)16(2)13-30(17(3)15-35-21)25(33)20-12-26-9-10-27-20/h7-12,16-17,22H,6,13-15H2,1-5H3,(H,28,31)/t16-,17-,22+/m1/s1. The average molecular weight is 484 g/mol. The first kappa shape index (κ1) is 26.1. The van der Waals surface area contributed by atoms with Crippen LogP contribution >= 0.6 is 0 Å². The van der Waals surface area contributed by atoms with Gasteiger partial charge in [0.05, 0.1) is 23.9 Å². The van der Waals surface area contributed by atoms with E-state index in [2.05, 4.69) is 15.3 Å². The fourth-order valence-electron chi connectivity index (χ4n) is 3.94. The molecule has 3 amide bonds. The lowest BCUT2D eigenvalue weighted by Crippen LogP contribution is -2.48. The van der Waals surface area contributed by atoms with Crippen molar-refractivity contribution in [3.63, 3.8) is 0 Å². The zero-order chi connectivity index (χ0) is 25.5. The van der Waals surface area contributed by atoms with Crippen molar-refractivity contribution >= 4 is 23.4 Å². The molecule has 2 heterocycles. The smallest absolute Gasteiger partial charge is 0.274 e. The Morgan fingerprint density at radius 2 is 2.00 bits per heavy atom. The lowest BCUT2D eigenvalue weighted by Gasteiger charge is -2.35. The number of methoxy groups -OCH3 is 1. The van der Waals surface area contributed by atoms with Crippen molar-refractivity contribution in [1.82, 2.24) is 19.8 Å². The highest BCUT2D eigenvalue weighted by Gasteiger charge is 2.31. The second-order valence-corrected chi connectivity index (χ2v) is 8.76. The number of benzene rings is 1. The fourth-order valence-corrected chi connectivity index (χ4v) is 3.94. The minimum atomic E-state index is -0.330. The van der Waals surface area contributed by atoms with Gasteiger partial charge in [-0.05, 0) is 25.1 Å². The van der Waals surface area contributed by atoms with Crippen molar-refractivity contribution in [2.75, 3.05) is 39.2 Å². The van der Waals surface area contributed by atoms with E-state index < -0.39 is 0 Å². The molecule has 1 aromatic heterocycles. The van der Waals surface area contributed by atoms with Gasteiger partial charge in [-0.1, -0.05) is 13.8 Å². The summed E-state index contributed by atoms with van der Waals surface area (Å²) in [6.07, 6.45) is 4.45. The van der Waals surface area contributed by atoms with E-state index in [9.17, 15) is 14.4 Å². The first-order chi connectivity index (χ1) is 16.7. The first-order valence-corrected chi connectivity index (χ1v) is 11.7. The molecule has 188 valence electrons. The van der Waals surface area contributed by atoms with E-state index in [-0.39, 0.29) is 48.1 Å². The van der Waals surface area contributed by atoms with Crippen LogP contribution in [0.15, 0.2) is 36.8 Å². The maximum atomic E-state index is 13.4. The summed E-state index contributed by atoms with van der Waals surface area (Å²) >= 11 is 0. The maximum Gasteiger partial charge on any atom is 0.274 e. The molecule has 0 saturated carbocycles. The normalized spacial score (nSPS) is 21.3. The highest BCUT2D eigenvalue weighted by atomic mass is 16.5. The van der Waals surface area contributed by atoms with Crippen molar-refractivity contribution in [3.8, 4) is 5.75 Å². The summed E-state index contributed by atoms with van der Waals surface area (Å²) < 4.78 is 11.8. The molecule has 0 bridgehead atoms. The number of anilines is 1. The molecule has 10 nitrogen and oxygen atoms in total. The Morgan fingerprint density at radius 3 is 2.66 bits per heavy atom. The van der Waals surface area contributed by atoms with E-state index in [0.717, 1.165) is 0 Å². The van der Waals surface area contributed by atoms with Crippen molar-refractivity contribution < 1.29 is 23.9 Å². The summed E-state index contributed by atoms with van der Waals surface area (Å²) in [7, 11) is 3.29. The Balaban J connectivity index is 1.98. The summed E-state index contributed by atoms with van der Waals surface area (Å²) in [6.45, 7) is 6.47. The number of aromatic nitrogens is 2. The van der Waals surface area contributed by atoms with Gasteiger partial charge in [-0.15, -0.1) is 0 Å². The van der Waals surface area contributed by atoms with Crippen LogP contribution in [0.1, 0.15) is 48.0 Å². The Morgan fingerprint density at radius 1 is 1.23 bits per heavy atom. The number of likely N-dealkylation sites (N-methyl/N-ethyl adjacent to an activating group) is 1. The summed E-state index contributed by atoms with van der Waals surface area (Å²) in [5.74, 6) is -0.372. The van der Waals surface area contributed by atoms with Gasteiger partial charge in [-0.2, -0.15) is 0 Å². The quantitative estimate of drug-likeness (QED) is 0.711. The monoisotopic (exact) mass is 483 g/mol. The Kier molecular flexibility index (Phi) is 8.75. The minimum absolute atomic E-state index is 0.0904. The zero-order valence-electron chi connectivity index (χ0n) is 20.9. The number of nitrogens with one attached hydrogen (secondary N) is 1. The van der Waals surface area contributed by atoms with E-state index >= 15 is 0 Å². The van der Waals surface area contributed by atoms with E-state index in [0.29, 0.717) is 36.5 Å². The zero-order valence-corrected chi connectivity index (χ0v) is 20.9. The van der Waals surface area contributed by atoms with Crippen LogP contribution in [-0.2, 0) is 9.53 Å². The molecule has 0 saturated heterocycles. The van der Waals surface area contributed by atoms with Crippen LogP contribution in [-0.4, -0.2) is 83.5 Å². The Hall–Kier alpha value is -3.53. The van der Waals surface area contributed by atoms with Gasteiger partial charge in [-0.25, -0.2) is 4.98 Å². The van der Waals surface area contributed by atoms with Crippen molar-refractivity contribution in [2.24, 2.45) is 5.92 Å². The number of hydrogen-bond donors (Lipinski definition) is 1. The van der Waals surface area contributed by atoms with Gasteiger partial charge in [0.2, 0.25) is 5.91 Å². The molecule has 0 fully saturated rings. The summed E-state index contributed by atoms with van der Waals surface area (Å²) in [4.78, 5) is 50.0. The van der Waals surface area contributed by atoms with Gasteiger partial charge in [-0.3, -0.25) is 19.4 Å².